The van der Waals surface area contributed by atoms with Crippen molar-refractivity contribution >= 4 is 11.5 Å². The molecule has 2 rings (SSSR count). The Kier molecular flexibility index (Phi) is 4.15. The molecule has 4 heteroatoms. The maximum atomic E-state index is 5.61. The molecule has 1 heterocycles. The Morgan fingerprint density at radius 1 is 1.22 bits per heavy atom. The van der Waals surface area contributed by atoms with Gasteiger partial charge in [-0.05, 0) is 30.7 Å². The first-order chi connectivity index (χ1) is 8.81. The summed E-state index contributed by atoms with van der Waals surface area (Å²) in [6, 6.07) is 13.6. The van der Waals surface area contributed by atoms with E-state index in [0.29, 0.717) is 19.0 Å². The first-order valence-electron chi connectivity index (χ1n) is 5.97. The van der Waals surface area contributed by atoms with Crippen LogP contribution in [-0.4, -0.2) is 11.6 Å². The van der Waals surface area contributed by atoms with Crippen molar-refractivity contribution in [1.82, 2.24) is 4.98 Å². The zero-order valence-corrected chi connectivity index (χ0v) is 10.4. The van der Waals surface area contributed by atoms with Gasteiger partial charge in [0.1, 0.15) is 5.82 Å². The minimum Gasteiger partial charge on any atom is -0.478 e. The van der Waals surface area contributed by atoms with Gasteiger partial charge in [-0.15, -0.1) is 0 Å². The molecule has 0 spiro atoms. The zero-order chi connectivity index (χ0) is 12.8. The molecule has 0 radical (unpaired) electrons. The second-order valence-electron chi connectivity index (χ2n) is 3.82. The molecule has 0 aliphatic heterocycles. The van der Waals surface area contributed by atoms with E-state index < -0.39 is 0 Å². The third-order valence-corrected chi connectivity index (χ3v) is 2.45. The Balaban J connectivity index is 2.14. The van der Waals surface area contributed by atoms with E-state index in [4.69, 9.17) is 10.5 Å². The number of pyridine rings is 1. The van der Waals surface area contributed by atoms with Crippen LogP contribution in [-0.2, 0) is 6.54 Å². The molecule has 0 aliphatic carbocycles. The lowest BCUT2D eigenvalue weighted by Crippen LogP contribution is -2.00. The highest BCUT2D eigenvalue weighted by molar-refractivity contribution is 5.57. The largest absolute Gasteiger partial charge is 0.478 e. The molecular formula is C14H17N3O. The molecule has 0 saturated heterocycles. The van der Waals surface area contributed by atoms with Crippen LogP contribution < -0.4 is 15.8 Å². The SMILES string of the molecule is CCOc1cccc(Nc2cccc(CN)c2)n1. The average Bonchev–Trinajstić information content (AvgIpc) is 2.40. The lowest BCUT2D eigenvalue weighted by Gasteiger charge is -2.08. The highest BCUT2D eigenvalue weighted by atomic mass is 16.5. The molecule has 0 aliphatic rings. The van der Waals surface area contributed by atoms with Crippen LogP contribution in [0.1, 0.15) is 12.5 Å². The maximum Gasteiger partial charge on any atom is 0.215 e. The molecule has 0 amide bonds. The van der Waals surface area contributed by atoms with Gasteiger partial charge in [0.05, 0.1) is 6.61 Å². The Bertz CT molecular complexity index is 514. The van der Waals surface area contributed by atoms with E-state index >= 15 is 0 Å². The van der Waals surface area contributed by atoms with Gasteiger partial charge in [0.2, 0.25) is 5.88 Å². The third kappa shape index (κ3) is 3.21. The van der Waals surface area contributed by atoms with E-state index in [1.54, 1.807) is 0 Å². The maximum absolute atomic E-state index is 5.61. The van der Waals surface area contributed by atoms with Crippen molar-refractivity contribution in [2.45, 2.75) is 13.5 Å². The van der Waals surface area contributed by atoms with Gasteiger partial charge >= 0.3 is 0 Å². The summed E-state index contributed by atoms with van der Waals surface area (Å²) in [6.45, 7) is 3.08. The van der Waals surface area contributed by atoms with Gasteiger partial charge in [-0.25, -0.2) is 0 Å². The Morgan fingerprint density at radius 2 is 2.06 bits per heavy atom. The van der Waals surface area contributed by atoms with Crippen LogP contribution in [0.5, 0.6) is 5.88 Å². The highest BCUT2D eigenvalue weighted by Gasteiger charge is 1.99. The molecular weight excluding hydrogens is 226 g/mol. The van der Waals surface area contributed by atoms with E-state index in [1.807, 2.05) is 49.4 Å². The fraction of sp³-hybridized carbons (Fsp3) is 0.214. The number of ether oxygens (including phenoxy) is 1. The molecule has 0 unspecified atom stereocenters. The van der Waals surface area contributed by atoms with Crippen LogP contribution in [0.2, 0.25) is 0 Å². The van der Waals surface area contributed by atoms with Gasteiger partial charge in [-0.1, -0.05) is 18.2 Å². The first kappa shape index (κ1) is 12.4. The number of aromatic nitrogens is 1. The highest BCUT2D eigenvalue weighted by Crippen LogP contribution is 2.18. The molecule has 1 aromatic carbocycles. The van der Waals surface area contributed by atoms with Crippen molar-refractivity contribution in [3.63, 3.8) is 0 Å². The van der Waals surface area contributed by atoms with Gasteiger partial charge in [-0.3, -0.25) is 0 Å². The number of benzene rings is 1. The van der Waals surface area contributed by atoms with Crippen molar-refractivity contribution in [2.75, 3.05) is 11.9 Å². The molecule has 3 N–H and O–H groups in total. The summed E-state index contributed by atoms with van der Waals surface area (Å²) >= 11 is 0. The topological polar surface area (TPSA) is 60.2 Å². The van der Waals surface area contributed by atoms with E-state index in [0.717, 1.165) is 17.1 Å². The van der Waals surface area contributed by atoms with Crippen LogP contribution in [0, 0.1) is 0 Å². The van der Waals surface area contributed by atoms with Gasteiger partial charge in [0.15, 0.2) is 0 Å². The normalized spacial score (nSPS) is 10.1. The molecule has 0 bridgehead atoms. The standard InChI is InChI=1S/C14H17N3O/c1-2-18-14-8-4-7-13(17-14)16-12-6-3-5-11(9-12)10-15/h3-9H,2,10,15H2,1H3,(H,16,17). The Hall–Kier alpha value is -2.07. The van der Waals surface area contributed by atoms with E-state index in [9.17, 15) is 0 Å². The molecule has 18 heavy (non-hydrogen) atoms. The second kappa shape index (κ2) is 6.02. The van der Waals surface area contributed by atoms with Gasteiger partial charge < -0.3 is 15.8 Å². The number of anilines is 2. The van der Waals surface area contributed by atoms with Crippen molar-refractivity contribution in [3.05, 3.63) is 48.0 Å². The van der Waals surface area contributed by atoms with Crippen LogP contribution in [0.3, 0.4) is 0 Å². The van der Waals surface area contributed by atoms with Crippen molar-refractivity contribution < 1.29 is 4.74 Å². The predicted octanol–water partition coefficient (Wildman–Crippen LogP) is 2.68. The minimum atomic E-state index is 0.530. The molecule has 2 aromatic rings. The number of nitrogens with two attached hydrogens (primary N) is 1. The van der Waals surface area contributed by atoms with Crippen LogP contribution in [0.15, 0.2) is 42.5 Å². The lowest BCUT2D eigenvalue weighted by molar-refractivity contribution is 0.327. The fourth-order valence-electron chi connectivity index (χ4n) is 1.64. The molecule has 0 fully saturated rings. The molecule has 0 saturated carbocycles. The lowest BCUT2D eigenvalue weighted by atomic mass is 10.2. The molecule has 94 valence electrons. The fourth-order valence-corrected chi connectivity index (χ4v) is 1.64. The number of hydrogen-bond donors (Lipinski definition) is 2. The van der Waals surface area contributed by atoms with Gasteiger partial charge in [0.25, 0.3) is 0 Å². The third-order valence-electron chi connectivity index (χ3n) is 2.45. The number of nitrogens with zero attached hydrogens (tertiary/aromatic N) is 1. The zero-order valence-electron chi connectivity index (χ0n) is 10.4. The van der Waals surface area contributed by atoms with E-state index in [2.05, 4.69) is 10.3 Å². The summed E-state index contributed by atoms with van der Waals surface area (Å²) in [5.74, 6) is 1.38. The van der Waals surface area contributed by atoms with Gasteiger partial charge in [-0.2, -0.15) is 4.98 Å². The summed E-state index contributed by atoms with van der Waals surface area (Å²) in [7, 11) is 0. The summed E-state index contributed by atoms with van der Waals surface area (Å²) in [5.41, 5.74) is 7.67. The smallest absolute Gasteiger partial charge is 0.215 e. The summed E-state index contributed by atoms with van der Waals surface area (Å²) in [5, 5.41) is 3.23. The molecule has 0 atom stereocenters. The van der Waals surface area contributed by atoms with E-state index in [-0.39, 0.29) is 0 Å². The van der Waals surface area contributed by atoms with Crippen molar-refractivity contribution in [1.29, 1.82) is 0 Å². The number of hydrogen-bond acceptors (Lipinski definition) is 4. The summed E-state index contributed by atoms with van der Waals surface area (Å²) in [6.07, 6.45) is 0. The quantitative estimate of drug-likeness (QED) is 0.847. The molecule has 1 aromatic heterocycles. The monoisotopic (exact) mass is 243 g/mol. The number of nitrogens with one attached hydrogen (secondary N) is 1. The second-order valence-corrected chi connectivity index (χ2v) is 3.82. The minimum absolute atomic E-state index is 0.530. The van der Waals surface area contributed by atoms with E-state index in [1.165, 1.54) is 0 Å². The average molecular weight is 243 g/mol. The predicted molar refractivity (Wildman–Crippen MR) is 73.0 cm³/mol. The Labute approximate surface area is 107 Å². The molecule has 4 nitrogen and oxygen atoms in total. The van der Waals surface area contributed by atoms with Crippen LogP contribution in [0.4, 0.5) is 11.5 Å². The van der Waals surface area contributed by atoms with Crippen molar-refractivity contribution in [3.8, 4) is 5.88 Å². The summed E-state index contributed by atoms with van der Waals surface area (Å²) in [4.78, 5) is 4.35. The first-order valence-corrected chi connectivity index (χ1v) is 5.97. The van der Waals surface area contributed by atoms with Crippen LogP contribution >= 0.6 is 0 Å². The summed E-state index contributed by atoms with van der Waals surface area (Å²) < 4.78 is 5.36. The number of rotatable bonds is 5. The Morgan fingerprint density at radius 3 is 2.83 bits per heavy atom. The van der Waals surface area contributed by atoms with Crippen molar-refractivity contribution in [2.24, 2.45) is 5.73 Å². The van der Waals surface area contributed by atoms with Gasteiger partial charge in [0, 0.05) is 18.3 Å². The van der Waals surface area contributed by atoms with Crippen LogP contribution in [0.25, 0.3) is 0 Å².